The van der Waals surface area contributed by atoms with Crippen molar-refractivity contribution < 1.29 is 4.74 Å². The van der Waals surface area contributed by atoms with Gasteiger partial charge >= 0.3 is 0 Å². The maximum absolute atomic E-state index is 6.08. The molecule has 0 aliphatic heterocycles. The van der Waals surface area contributed by atoms with Crippen LogP contribution in [0.1, 0.15) is 26.2 Å². The van der Waals surface area contributed by atoms with Crippen LogP contribution in [0.15, 0.2) is 22.7 Å². The normalized spacial score (nSPS) is 23.2. The van der Waals surface area contributed by atoms with Gasteiger partial charge in [0.1, 0.15) is 11.9 Å². The molecule has 0 bridgehead atoms. The van der Waals surface area contributed by atoms with Gasteiger partial charge in [0.15, 0.2) is 0 Å². The van der Waals surface area contributed by atoms with Gasteiger partial charge in [0.25, 0.3) is 0 Å². The molecule has 1 aromatic carbocycles. The average molecular weight is 319 g/mol. The Balaban J connectivity index is 1.81. The fourth-order valence-corrected chi connectivity index (χ4v) is 2.43. The highest BCUT2D eigenvalue weighted by atomic mass is 79.9. The number of hydrogen-bond acceptors (Lipinski definition) is 2. The first-order chi connectivity index (χ1) is 8.19. The molecule has 0 aromatic heterocycles. The van der Waals surface area contributed by atoms with Gasteiger partial charge in [-0.25, -0.2) is 0 Å². The van der Waals surface area contributed by atoms with E-state index < -0.39 is 0 Å². The zero-order valence-electron chi connectivity index (χ0n) is 9.88. The molecule has 1 fully saturated rings. The van der Waals surface area contributed by atoms with E-state index in [4.69, 9.17) is 16.3 Å². The van der Waals surface area contributed by atoms with Crippen molar-refractivity contribution in [3.05, 3.63) is 27.7 Å². The fourth-order valence-electron chi connectivity index (χ4n) is 1.92. The van der Waals surface area contributed by atoms with Crippen molar-refractivity contribution >= 4 is 27.5 Å². The molecule has 2 rings (SSSR count). The highest BCUT2D eigenvalue weighted by molar-refractivity contribution is 9.10. The summed E-state index contributed by atoms with van der Waals surface area (Å²) in [4.78, 5) is 0. The van der Waals surface area contributed by atoms with Crippen LogP contribution in [-0.2, 0) is 0 Å². The molecular formula is C13H17BrClNO. The van der Waals surface area contributed by atoms with Crippen LogP contribution in [-0.4, -0.2) is 18.7 Å². The molecule has 0 heterocycles. The second-order valence-electron chi connectivity index (χ2n) is 4.44. The van der Waals surface area contributed by atoms with Gasteiger partial charge in [-0.3, -0.25) is 0 Å². The Morgan fingerprint density at radius 1 is 1.47 bits per heavy atom. The lowest BCUT2D eigenvalue weighted by molar-refractivity contribution is 0.0853. The molecule has 1 aromatic rings. The minimum atomic E-state index is 0.302. The van der Waals surface area contributed by atoms with Gasteiger partial charge in [-0.2, -0.15) is 0 Å². The van der Waals surface area contributed by atoms with E-state index in [-0.39, 0.29) is 0 Å². The summed E-state index contributed by atoms with van der Waals surface area (Å²) in [5.74, 6) is 0.778. The number of nitrogens with one attached hydrogen (secondary N) is 1. The van der Waals surface area contributed by atoms with E-state index >= 15 is 0 Å². The quantitative estimate of drug-likeness (QED) is 0.885. The van der Waals surface area contributed by atoms with E-state index in [0.29, 0.717) is 17.2 Å². The van der Waals surface area contributed by atoms with Crippen molar-refractivity contribution in [2.75, 3.05) is 6.54 Å². The Bertz CT molecular complexity index is 380. The number of halogens is 2. The Labute approximate surface area is 116 Å². The second kappa shape index (κ2) is 6.07. The minimum absolute atomic E-state index is 0.302. The Kier molecular flexibility index (Phi) is 4.71. The number of ether oxygens (including phenoxy) is 1. The fraction of sp³-hybridized carbons (Fsp3) is 0.538. The highest BCUT2D eigenvalue weighted by Gasteiger charge is 2.30. The predicted octanol–water partition coefficient (Wildman–Crippen LogP) is 4.01. The molecule has 4 heteroatoms. The first-order valence-electron chi connectivity index (χ1n) is 6.04. The van der Waals surface area contributed by atoms with Crippen molar-refractivity contribution in [2.24, 2.45) is 0 Å². The molecule has 0 saturated heterocycles. The summed E-state index contributed by atoms with van der Waals surface area (Å²) in [6, 6.07) is 6.31. The summed E-state index contributed by atoms with van der Waals surface area (Å²) >= 11 is 9.50. The van der Waals surface area contributed by atoms with E-state index in [0.717, 1.165) is 29.6 Å². The van der Waals surface area contributed by atoms with Crippen molar-refractivity contribution in [3.8, 4) is 5.75 Å². The minimum Gasteiger partial charge on any atom is -0.489 e. The molecular weight excluding hydrogens is 302 g/mol. The van der Waals surface area contributed by atoms with Crippen molar-refractivity contribution in [2.45, 2.75) is 38.3 Å². The second-order valence-corrected chi connectivity index (χ2v) is 5.76. The van der Waals surface area contributed by atoms with Gasteiger partial charge in [-0.15, -0.1) is 0 Å². The molecule has 0 atom stereocenters. The third-order valence-corrected chi connectivity index (χ3v) is 3.77. The van der Waals surface area contributed by atoms with Crippen LogP contribution in [0, 0.1) is 0 Å². The first kappa shape index (κ1) is 13.2. The summed E-state index contributed by atoms with van der Waals surface area (Å²) in [6.45, 7) is 3.27. The van der Waals surface area contributed by atoms with Gasteiger partial charge in [0.2, 0.25) is 0 Å². The maximum Gasteiger partial charge on any atom is 0.139 e. The van der Waals surface area contributed by atoms with Crippen molar-refractivity contribution in [1.82, 2.24) is 5.32 Å². The van der Waals surface area contributed by atoms with Crippen LogP contribution in [0.4, 0.5) is 0 Å². The van der Waals surface area contributed by atoms with Crippen LogP contribution in [0.5, 0.6) is 5.75 Å². The Morgan fingerprint density at radius 3 is 2.94 bits per heavy atom. The van der Waals surface area contributed by atoms with Gasteiger partial charge in [-0.1, -0.05) is 34.5 Å². The zero-order valence-corrected chi connectivity index (χ0v) is 12.2. The molecule has 0 amide bonds. The lowest BCUT2D eigenvalue weighted by Crippen LogP contribution is -2.47. The third-order valence-electron chi connectivity index (χ3n) is 2.96. The summed E-state index contributed by atoms with van der Waals surface area (Å²) < 4.78 is 6.87. The van der Waals surface area contributed by atoms with E-state index in [1.165, 1.54) is 6.42 Å². The first-order valence-corrected chi connectivity index (χ1v) is 7.21. The molecule has 1 aliphatic rings. The van der Waals surface area contributed by atoms with Gasteiger partial charge in [0.05, 0.1) is 5.02 Å². The van der Waals surface area contributed by atoms with Crippen molar-refractivity contribution in [3.63, 3.8) is 0 Å². The summed E-state index contributed by atoms with van der Waals surface area (Å²) in [7, 11) is 0. The SMILES string of the molecule is CCCNC1CC(Oc2cc(Br)ccc2Cl)C1. The van der Waals surface area contributed by atoms with E-state index in [1.54, 1.807) is 0 Å². The number of hydrogen-bond donors (Lipinski definition) is 1. The number of benzene rings is 1. The Morgan fingerprint density at radius 2 is 2.24 bits per heavy atom. The zero-order chi connectivity index (χ0) is 12.3. The lowest BCUT2D eigenvalue weighted by atomic mass is 9.89. The van der Waals surface area contributed by atoms with E-state index in [1.807, 2.05) is 18.2 Å². The largest absolute Gasteiger partial charge is 0.489 e. The molecule has 94 valence electrons. The van der Waals surface area contributed by atoms with Crippen molar-refractivity contribution in [1.29, 1.82) is 0 Å². The van der Waals surface area contributed by atoms with E-state index in [9.17, 15) is 0 Å². The molecule has 17 heavy (non-hydrogen) atoms. The summed E-state index contributed by atoms with van der Waals surface area (Å²) in [5.41, 5.74) is 0. The number of rotatable bonds is 5. The van der Waals surface area contributed by atoms with Gasteiger partial charge < -0.3 is 10.1 Å². The van der Waals surface area contributed by atoms with Crippen LogP contribution in [0.3, 0.4) is 0 Å². The summed E-state index contributed by atoms with van der Waals surface area (Å²) in [5, 5.41) is 4.17. The molecule has 1 aliphatic carbocycles. The molecule has 1 N–H and O–H groups in total. The Hall–Kier alpha value is -0.250. The smallest absolute Gasteiger partial charge is 0.139 e. The maximum atomic E-state index is 6.08. The third kappa shape index (κ3) is 3.60. The highest BCUT2D eigenvalue weighted by Crippen LogP contribution is 2.32. The lowest BCUT2D eigenvalue weighted by Gasteiger charge is -2.36. The van der Waals surface area contributed by atoms with Crippen LogP contribution in [0.25, 0.3) is 0 Å². The molecule has 0 unspecified atom stereocenters. The average Bonchev–Trinajstić information content (AvgIpc) is 2.26. The van der Waals surface area contributed by atoms with Crippen LogP contribution >= 0.6 is 27.5 Å². The molecule has 2 nitrogen and oxygen atoms in total. The van der Waals surface area contributed by atoms with Crippen LogP contribution in [0.2, 0.25) is 5.02 Å². The molecule has 1 saturated carbocycles. The standard InChI is InChI=1S/C13H17BrClNO/c1-2-5-16-10-7-11(8-10)17-13-6-9(14)3-4-12(13)15/h3-4,6,10-11,16H,2,5,7-8H2,1H3. The molecule has 0 spiro atoms. The molecule has 0 radical (unpaired) electrons. The van der Waals surface area contributed by atoms with Gasteiger partial charge in [-0.05, 0) is 44.0 Å². The topological polar surface area (TPSA) is 21.3 Å². The van der Waals surface area contributed by atoms with Crippen LogP contribution < -0.4 is 10.1 Å². The van der Waals surface area contributed by atoms with Gasteiger partial charge in [0, 0.05) is 10.5 Å². The summed E-state index contributed by atoms with van der Waals surface area (Å²) in [6.07, 6.45) is 3.63. The monoisotopic (exact) mass is 317 g/mol. The predicted molar refractivity (Wildman–Crippen MR) is 74.9 cm³/mol. The van der Waals surface area contributed by atoms with E-state index in [2.05, 4.69) is 28.2 Å².